The molecule has 1 fully saturated rings. The monoisotopic (exact) mass is 660 g/mol. The third kappa shape index (κ3) is 5.68. The Labute approximate surface area is 282 Å². The van der Waals surface area contributed by atoms with Gasteiger partial charge in [0.2, 0.25) is 5.91 Å². The summed E-state index contributed by atoms with van der Waals surface area (Å²) >= 11 is 0. The Morgan fingerprint density at radius 2 is 1.38 bits per heavy atom. The molecule has 2 aliphatic rings. The van der Waals surface area contributed by atoms with Gasteiger partial charge in [-0.15, -0.1) is 0 Å². The zero-order chi connectivity index (χ0) is 34.9. The van der Waals surface area contributed by atoms with Crippen LogP contribution in [0.1, 0.15) is 55.8 Å². The van der Waals surface area contributed by atoms with Crippen molar-refractivity contribution in [3.63, 3.8) is 0 Å². The molecule has 2 radical (unpaired) electrons. The Morgan fingerprint density at radius 3 is 1.94 bits per heavy atom. The molecule has 0 aromatic heterocycles. The van der Waals surface area contributed by atoms with E-state index >= 15 is 0 Å². The number of ether oxygens (including phenoxy) is 7. The Balaban J connectivity index is 1.73. The van der Waals surface area contributed by atoms with Crippen LogP contribution in [-0.4, -0.2) is 90.4 Å². The molecule has 3 atom stereocenters. The number of nitrogens with zero attached hydrogens (tertiary/aromatic N) is 2. The summed E-state index contributed by atoms with van der Waals surface area (Å²) in [5.74, 6) is 1.80. The Bertz CT molecular complexity index is 1690. The number of hydrogen-bond donors (Lipinski definition) is 0. The molecule has 3 aromatic carbocycles. The zero-order valence-corrected chi connectivity index (χ0v) is 29.1. The maximum Gasteiger partial charge on any atom is 0.240 e. The quantitative estimate of drug-likeness (QED) is 0.234. The second-order valence-corrected chi connectivity index (χ2v) is 11.9. The maximum atomic E-state index is 14.7. The van der Waals surface area contributed by atoms with E-state index in [2.05, 4.69) is 4.90 Å². The molecule has 3 aromatic rings. The van der Waals surface area contributed by atoms with Crippen LogP contribution in [0.3, 0.4) is 0 Å². The number of hydrogen-bond acceptors (Lipinski definition) is 10. The lowest BCUT2D eigenvalue weighted by atomic mass is 9.81. The molecule has 256 valence electrons. The SMILES string of the molecule is [CH]C(=O)c1c(OC)c(C)c(OC)c(OC)c1[C@H](COCc1ccccc1)N1C[C@H]2c3c(c(OC)c(C)c(OC)c3OC)C[C@@H](C1=O)N2C. The second kappa shape index (κ2) is 14.3. The van der Waals surface area contributed by atoms with E-state index < -0.39 is 17.9 Å². The van der Waals surface area contributed by atoms with Gasteiger partial charge < -0.3 is 38.1 Å². The summed E-state index contributed by atoms with van der Waals surface area (Å²) in [6.07, 6.45) is 0.361. The van der Waals surface area contributed by atoms with Crippen molar-refractivity contribution in [3.05, 3.63) is 76.2 Å². The van der Waals surface area contributed by atoms with Crippen molar-refractivity contribution in [2.75, 3.05) is 62.9 Å². The van der Waals surface area contributed by atoms with Gasteiger partial charge in [-0.05, 0) is 26.5 Å². The summed E-state index contributed by atoms with van der Waals surface area (Å²) in [6.45, 7) is 10.2. The third-order valence-corrected chi connectivity index (χ3v) is 9.58. The molecule has 48 heavy (non-hydrogen) atoms. The van der Waals surface area contributed by atoms with Crippen molar-refractivity contribution >= 4 is 11.7 Å². The zero-order valence-electron chi connectivity index (χ0n) is 29.1. The second-order valence-electron chi connectivity index (χ2n) is 11.9. The van der Waals surface area contributed by atoms with Gasteiger partial charge in [-0.1, -0.05) is 30.3 Å². The standard InChI is InChI=1S/C37H44N2O9/c1-20-31(42-5)24-16-25-37(41)39(17-26(38(25)4)29(24)35(46-9)33(20)44-7)27(19-48-18-23-14-12-11-13-15-23)30-28(22(3)40)32(43-6)21(2)34(45-8)36(30)47-10/h3,11-15,25-27H,16-19H2,1-2,4-10H3/t25-,26-,27-/m0/s1. The Hall–Kier alpha value is -4.48. The van der Waals surface area contributed by atoms with E-state index in [0.29, 0.717) is 40.5 Å². The van der Waals surface area contributed by atoms with Crippen LogP contribution < -0.4 is 28.4 Å². The van der Waals surface area contributed by atoms with E-state index in [4.69, 9.17) is 40.1 Å². The van der Waals surface area contributed by atoms with Crippen molar-refractivity contribution in [2.45, 2.75) is 45.0 Å². The van der Waals surface area contributed by atoms with Crippen molar-refractivity contribution in [2.24, 2.45) is 0 Å². The van der Waals surface area contributed by atoms with Crippen LogP contribution in [0.5, 0.6) is 34.5 Å². The minimum atomic E-state index is -0.831. The normalized spacial score (nSPS) is 17.8. The summed E-state index contributed by atoms with van der Waals surface area (Å²) in [4.78, 5) is 31.8. The van der Waals surface area contributed by atoms with Crippen LogP contribution in [0.15, 0.2) is 30.3 Å². The molecule has 1 saturated heterocycles. The minimum absolute atomic E-state index is 0.0142. The molecular formula is C37H44N2O9. The summed E-state index contributed by atoms with van der Waals surface area (Å²) in [7, 11) is 11.2. The van der Waals surface area contributed by atoms with E-state index in [-0.39, 0.29) is 48.8 Å². The van der Waals surface area contributed by atoms with Crippen molar-refractivity contribution in [1.82, 2.24) is 9.80 Å². The molecule has 11 heteroatoms. The van der Waals surface area contributed by atoms with Crippen LogP contribution >= 0.6 is 0 Å². The van der Waals surface area contributed by atoms with E-state index in [9.17, 15) is 9.59 Å². The largest absolute Gasteiger partial charge is 0.496 e. The van der Waals surface area contributed by atoms with Gasteiger partial charge in [0, 0.05) is 47.7 Å². The number of rotatable bonds is 13. The lowest BCUT2D eigenvalue weighted by molar-refractivity contribution is -0.150. The summed E-state index contributed by atoms with van der Waals surface area (Å²) < 4.78 is 41.6. The van der Waals surface area contributed by atoms with Crippen LogP contribution in [0, 0.1) is 20.8 Å². The van der Waals surface area contributed by atoms with Crippen LogP contribution in [0.4, 0.5) is 0 Å². The highest BCUT2D eigenvalue weighted by Crippen LogP contribution is 2.54. The van der Waals surface area contributed by atoms with Gasteiger partial charge in [-0.3, -0.25) is 14.5 Å². The lowest BCUT2D eigenvalue weighted by Crippen LogP contribution is -2.61. The number of likely N-dealkylation sites (N-methyl/N-ethyl adjacent to an activating group) is 1. The predicted octanol–water partition coefficient (Wildman–Crippen LogP) is 4.95. The molecule has 0 N–H and O–H groups in total. The molecule has 0 unspecified atom stereocenters. The highest BCUT2D eigenvalue weighted by Gasteiger charge is 2.50. The van der Waals surface area contributed by atoms with Gasteiger partial charge in [-0.25, -0.2) is 0 Å². The summed E-state index contributed by atoms with van der Waals surface area (Å²) in [6, 6.07) is 7.99. The molecule has 5 rings (SSSR count). The highest BCUT2D eigenvalue weighted by molar-refractivity contribution is 6.05. The molecule has 2 aliphatic heterocycles. The van der Waals surface area contributed by atoms with Gasteiger partial charge in [0.15, 0.2) is 28.8 Å². The van der Waals surface area contributed by atoms with E-state index in [0.717, 1.165) is 22.3 Å². The number of benzene rings is 3. The predicted molar refractivity (Wildman–Crippen MR) is 179 cm³/mol. The number of ketones is 1. The first kappa shape index (κ1) is 34.8. The molecule has 11 nitrogen and oxygen atoms in total. The van der Waals surface area contributed by atoms with Crippen LogP contribution in [0.2, 0.25) is 0 Å². The Kier molecular flexibility index (Phi) is 10.4. The fraction of sp³-hybridized carbons (Fsp3) is 0.432. The van der Waals surface area contributed by atoms with Crippen molar-refractivity contribution in [3.8, 4) is 34.5 Å². The number of carbonyl (C=O) groups excluding carboxylic acids is 2. The molecule has 0 aliphatic carbocycles. The number of methoxy groups -OCH3 is 6. The first-order chi connectivity index (χ1) is 23.1. The van der Waals surface area contributed by atoms with Gasteiger partial charge in [0.05, 0.1) is 79.6 Å². The smallest absolute Gasteiger partial charge is 0.240 e. The Morgan fingerprint density at radius 1 is 0.812 bits per heavy atom. The highest BCUT2D eigenvalue weighted by atomic mass is 16.5. The number of piperazine rings is 1. The van der Waals surface area contributed by atoms with Crippen molar-refractivity contribution < 1.29 is 42.7 Å². The van der Waals surface area contributed by atoms with Crippen molar-refractivity contribution in [1.29, 1.82) is 0 Å². The average Bonchev–Trinajstić information content (AvgIpc) is 3.08. The van der Waals surface area contributed by atoms with Crippen LogP contribution in [0.25, 0.3) is 0 Å². The first-order valence-corrected chi connectivity index (χ1v) is 15.7. The van der Waals surface area contributed by atoms with Gasteiger partial charge in [-0.2, -0.15) is 0 Å². The van der Waals surface area contributed by atoms with Gasteiger partial charge in [0.1, 0.15) is 11.5 Å². The fourth-order valence-electron chi connectivity index (χ4n) is 7.43. The van der Waals surface area contributed by atoms with E-state index in [1.54, 1.807) is 33.2 Å². The average molecular weight is 661 g/mol. The summed E-state index contributed by atoms with van der Waals surface area (Å²) in [5, 5.41) is 0. The minimum Gasteiger partial charge on any atom is -0.496 e. The van der Waals surface area contributed by atoms with E-state index in [1.165, 1.54) is 21.3 Å². The first-order valence-electron chi connectivity index (χ1n) is 15.7. The topological polar surface area (TPSA) is 105 Å². The van der Waals surface area contributed by atoms with E-state index in [1.807, 2.05) is 44.3 Å². The molecular weight excluding hydrogens is 616 g/mol. The fourth-order valence-corrected chi connectivity index (χ4v) is 7.43. The third-order valence-electron chi connectivity index (χ3n) is 9.58. The summed E-state index contributed by atoms with van der Waals surface area (Å²) in [5.41, 5.74) is 4.50. The molecule has 1 amide bonds. The number of carbonyl (C=O) groups is 2. The maximum absolute atomic E-state index is 14.7. The number of Topliss-reactive ketones (excluding diaryl/α,β-unsaturated/α-hetero) is 1. The lowest BCUT2D eigenvalue weighted by Gasteiger charge is -2.51. The number of amides is 1. The van der Waals surface area contributed by atoms with Gasteiger partial charge in [0.25, 0.3) is 0 Å². The molecule has 0 spiro atoms. The molecule has 2 heterocycles. The number of fused-ring (bicyclic) bond motifs is 4. The molecule has 0 saturated carbocycles. The van der Waals surface area contributed by atoms with Gasteiger partial charge >= 0.3 is 0 Å². The molecule has 2 bridgehead atoms. The van der Waals surface area contributed by atoms with Crippen LogP contribution in [-0.2, 0) is 22.6 Å².